The largest absolute Gasteiger partial charge is 0.469 e. The number of carbonyl (C=O) groups excluding carboxylic acids is 1. The molecule has 19 heavy (non-hydrogen) atoms. The third-order valence-corrected chi connectivity index (χ3v) is 3.31. The highest BCUT2D eigenvalue weighted by atomic mass is 32.2. The summed E-state index contributed by atoms with van der Waals surface area (Å²) in [6.07, 6.45) is -0.00668. The van der Waals surface area contributed by atoms with Gasteiger partial charge in [0.1, 0.15) is 6.42 Å². The molecule has 0 spiro atoms. The van der Waals surface area contributed by atoms with E-state index in [1.165, 1.54) is 12.0 Å². The maximum absolute atomic E-state index is 11.1. The summed E-state index contributed by atoms with van der Waals surface area (Å²) in [6.45, 7) is 2.11. The van der Waals surface area contributed by atoms with Crippen LogP contribution in [-0.4, -0.2) is 29.0 Å². The number of benzene rings is 1. The molecule has 0 aliphatic heterocycles. The Morgan fingerprint density at radius 1 is 1.37 bits per heavy atom. The van der Waals surface area contributed by atoms with Gasteiger partial charge in [-0.3, -0.25) is 4.79 Å². The van der Waals surface area contributed by atoms with Gasteiger partial charge < -0.3 is 9.26 Å². The molecule has 0 saturated heterocycles. The summed E-state index contributed by atoms with van der Waals surface area (Å²) in [4.78, 5) is 16.4. The average Bonchev–Trinajstić information content (AvgIpc) is 2.88. The van der Waals surface area contributed by atoms with Gasteiger partial charge in [0, 0.05) is 10.5 Å². The molecule has 1 heterocycles. The minimum absolute atomic E-state index is 0.00668. The van der Waals surface area contributed by atoms with Gasteiger partial charge in [-0.1, -0.05) is 12.1 Å². The molecule has 0 amide bonds. The van der Waals surface area contributed by atoms with E-state index in [1.807, 2.05) is 24.3 Å². The molecule has 100 valence electrons. The first kappa shape index (κ1) is 13.6. The van der Waals surface area contributed by atoms with Crippen molar-refractivity contribution in [1.29, 1.82) is 0 Å². The number of methoxy groups -OCH3 is 1. The molecule has 0 atom stereocenters. The van der Waals surface area contributed by atoms with Crippen molar-refractivity contribution in [2.24, 2.45) is 0 Å². The Morgan fingerprint density at radius 3 is 2.74 bits per heavy atom. The molecule has 6 heteroatoms. The monoisotopic (exact) mass is 278 g/mol. The van der Waals surface area contributed by atoms with Crippen molar-refractivity contribution in [3.05, 3.63) is 30.2 Å². The zero-order chi connectivity index (χ0) is 13.7. The fraction of sp³-hybridized carbons (Fsp3) is 0.308. The number of aromatic nitrogens is 2. The van der Waals surface area contributed by atoms with Gasteiger partial charge in [0.25, 0.3) is 0 Å². The molecule has 2 aromatic rings. The van der Waals surface area contributed by atoms with Gasteiger partial charge in [-0.05, 0) is 30.0 Å². The third-order valence-electron chi connectivity index (χ3n) is 2.41. The van der Waals surface area contributed by atoms with Gasteiger partial charge >= 0.3 is 5.97 Å². The van der Waals surface area contributed by atoms with Gasteiger partial charge in [0.2, 0.25) is 11.7 Å². The van der Waals surface area contributed by atoms with Crippen LogP contribution in [0.1, 0.15) is 12.8 Å². The maximum Gasteiger partial charge on any atom is 0.315 e. The first-order valence-electron chi connectivity index (χ1n) is 5.85. The molecule has 0 radical (unpaired) electrons. The molecule has 1 aromatic carbocycles. The Hall–Kier alpha value is -1.82. The summed E-state index contributed by atoms with van der Waals surface area (Å²) >= 11 is 1.77. The molecule has 0 aliphatic carbocycles. The Kier molecular flexibility index (Phi) is 4.57. The van der Waals surface area contributed by atoms with E-state index in [0.29, 0.717) is 5.82 Å². The predicted molar refractivity (Wildman–Crippen MR) is 71.9 cm³/mol. The van der Waals surface area contributed by atoms with E-state index in [1.54, 1.807) is 11.8 Å². The van der Waals surface area contributed by atoms with Crippen molar-refractivity contribution >= 4 is 17.7 Å². The van der Waals surface area contributed by atoms with Gasteiger partial charge in [-0.2, -0.15) is 4.98 Å². The van der Waals surface area contributed by atoms with Crippen LogP contribution >= 0.6 is 11.8 Å². The minimum Gasteiger partial charge on any atom is -0.469 e. The molecule has 0 N–H and O–H groups in total. The number of hydrogen-bond donors (Lipinski definition) is 0. The summed E-state index contributed by atoms with van der Waals surface area (Å²) in [5.41, 5.74) is 0.861. The van der Waals surface area contributed by atoms with Gasteiger partial charge in [0.05, 0.1) is 7.11 Å². The second-order valence-electron chi connectivity index (χ2n) is 3.72. The fourth-order valence-electron chi connectivity index (χ4n) is 1.51. The number of hydrogen-bond acceptors (Lipinski definition) is 6. The molecule has 0 saturated carbocycles. The zero-order valence-electron chi connectivity index (χ0n) is 10.8. The van der Waals surface area contributed by atoms with Crippen LogP contribution < -0.4 is 0 Å². The van der Waals surface area contributed by atoms with Crippen LogP contribution in [0.5, 0.6) is 0 Å². The molecule has 2 rings (SSSR count). The number of esters is 1. The fourth-order valence-corrected chi connectivity index (χ4v) is 2.17. The highest BCUT2D eigenvalue weighted by molar-refractivity contribution is 7.99. The van der Waals surface area contributed by atoms with Crippen LogP contribution in [0.2, 0.25) is 0 Å². The average molecular weight is 278 g/mol. The zero-order valence-corrected chi connectivity index (χ0v) is 11.6. The highest BCUT2D eigenvalue weighted by Gasteiger charge is 2.12. The number of ether oxygens (including phenoxy) is 1. The number of nitrogens with zero attached hydrogens (tertiary/aromatic N) is 2. The van der Waals surface area contributed by atoms with Gasteiger partial charge in [-0.25, -0.2) is 0 Å². The third kappa shape index (κ3) is 3.57. The standard InChI is InChI=1S/C13H14N2O3S/c1-3-19-10-6-4-9(5-7-10)13-14-11(18-15-13)8-12(16)17-2/h4-7H,3,8H2,1-2H3. The maximum atomic E-state index is 11.1. The minimum atomic E-state index is -0.398. The first-order chi connectivity index (χ1) is 9.22. The summed E-state index contributed by atoms with van der Waals surface area (Å²) in [6, 6.07) is 7.90. The summed E-state index contributed by atoms with van der Waals surface area (Å²) in [5.74, 6) is 1.37. The van der Waals surface area contributed by atoms with E-state index in [9.17, 15) is 4.79 Å². The second-order valence-corrected chi connectivity index (χ2v) is 5.06. The Morgan fingerprint density at radius 2 is 2.11 bits per heavy atom. The van der Waals surface area contributed by atoms with Crippen molar-refractivity contribution in [2.75, 3.05) is 12.9 Å². The van der Waals surface area contributed by atoms with Crippen molar-refractivity contribution in [2.45, 2.75) is 18.2 Å². The Balaban J connectivity index is 2.11. The molecule has 0 unspecified atom stereocenters. The van der Waals surface area contributed by atoms with E-state index in [0.717, 1.165) is 11.3 Å². The highest BCUT2D eigenvalue weighted by Crippen LogP contribution is 2.22. The van der Waals surface area contributed by atoms with Crippen LogP contribution in [0.3, 0.4) is 0 Å². The van der Waals surface area contributed by atoms with Crippen molar-refractivity contribution in [1.82, 2.24) is 10.1 Å². The van der Waals surface area contributed by atoms with Crippen LogP contribution in [0, 0.1) is 0 Å². The lowest BCUT2D eigenvalue weighted by molar-refractivity contribution is -0.140. The van der Waals surface area contributed by atoms with Crippen molar-refractivity contribution < 1.29 is 14.1 Å². The van der Waals surface area contributed by atoms with E-state index in [-0.39, 0.29) is 12.3 Å². The lowest BCUT2D eigenvalue weighted by Crippen LogP contribution is -2.04. The van der Waals surface area contributed by atoms with E-state index >= 15 is 0 Å². The smallest absolute Gasteiger partial charge is 0.315 e. The first-order valence-corrected chi connectivity index (χ1v) is 6.84. The Bertz CT molecular complexity index is 551. The SMILES string of the molecule is CCSc1ccc(-c2noc(CC(=O)OC)n2)cc1. The van der Waals surface area contributed by atoms with E-state index < -0.39 is 5.97 Å². The lowest BCUT2D eigenvalue weighted by atomic mass is 10.2. The quantitative estimate of drug-likeness (QED) is 0.618. The van der Waals surface area contributed by atoms with Crippen LogP contribution in [0.4, 0.5) is 0 Å². The summed E-state index contributed by atoms with van der Waals surface area (Å²) in [7, 11) is 1.32. The van der Waals surface area contributed by atoms with Crippen LogP contribution in [0.15, 0.2) is 33.7 Å². The molecule has 0 fully saturated rings. The molecule has 1 aromatic heterocycles. The second kappa shape index (κ2) is 6.38. The number of rotatable bonds is 5. The van der Waals surface area contributed by atoms with Crippen molar-refractivity contribution in [3.63, 3.8) is 0 Å². The normalized spacial score (nSPS) is 10.4. The molecule has 0 aliphatic rings. The van der Waals surface area contributed by atoms with E-state index in [4.69, 9.17) is 4.52 Å². The van der Waals surface area contributed by atoms with Gasteiger partial charge in [-0.15, -0.1) is 11.8 Å². The van der Waals surface area contributed by atoms with Crippen molar-refractivity contribution in [3.8, 4) is 11.4 Å². The van der Waals surface area contributed by atoms with E-state index in [2.05, 4.69) is 21.8 Å². The Labute approximate surface area is 115 Å². The molecule has 5 nitrogen and oxygen atoms in total. The molecular formula is C13H14N2O3S. The topological polar surface area (TPSA) is 65.2 Å². The number of thioether (sulfide) groups is 1. The molecule has 0 bridgehead atoms. The predicted octanol–water partition coefficient (Wildman–Crippen LogP) is 2.56. The van der Waals surface area contributed by atoms with Gasteiger partial charge in [0.15, 0.2) is 0 Å². The summed E-state index contributed by atoms with van der Waals surface area (Å²) < 4.78 is 9.54. The lowest BCUT2D eigenvalue weighted by Gasteiger charge is -1.98. The van der Waals surface area contributed by atoms with Crippen LogP contribution in [-0.2, 0) is 16.0 Å². The summed E-state index contributed by atoms with van der Waals surface area (Å²) in [5, 5.41) is 3.85. The molecular weight excluding hydrogens is 264 g/mol. The number of carbonyl (C=O) groups is 1. The van der Waals surface area contributed by atoms with Crippen LogP contribution in [0.25, 0.3) is 11.4 Å².